The molecule has 5 heteroatoms. The number of aromatic hydroxyl groups is 1. The van der Waals surface area contributed by atoms with E-state index in [1.807, 2.05) is 0 Å². The zero-order chi connectivity index (χ0) is 12.4. The Hall–Kier alpha value is -2.17. The summed E-state index contributed by atoms with van der Waals surface area (Å²) in [7, 11) is 0. The van der Waals surface area contributed by atoms with Crippen LogP contribution in [0, 0.1) is 0 Å². The summed E-state index contributed by atoms with van der Waals surface area (Å²) in [4.78, 5) is 28.4. The van der Waals surface area contributed by atoms with Crippen molar-refractivity contribution in [3.63, 3.8) is 0 Å². The number of carbonyl (C=O) groups excluding carboxylic acids is 2. The number of phenolic OH excluding ortho intramolecular Hbond substituents is 1. The standard InChI is InChI=1S/C12H12N2O3/c1-2-14-11(16)7-9(12(14)17)13-8-5-3-4-6-10(8)15/h3-6,15H,2,7H2,1H3. The van der Waals surface area contributed by atoms with Crippen molar-refractivity contribution in [1.82, 2.24) is 4.90 Å². The maximum Gasteiger partial charge on any atom is 0.275 e. The Morgan fingerprint density at radius 3 is 2.65 bits per heavy atom. The lowest BCUT2D eigenvalue weighted by molar-refractivity contribution is -0.136. The lowest BCUT2D eigenvalue weighted by atomic mass is 10.2. The third-order valence-electron chi connectivity index (χ3n) is 2.57. The molecule has 1 saturated heterocycles. The second kappa shape index (κ2) is 4.37. The van der Waals surface area contributed by atoms with Crippen LogP contribution in [0.3, 0.4) is 0 Å². The zero-order valence-electron chi connectivity index (χ0n) is 9.38. The first kappa shape index (κ1) is 11.3. The van der Waals surface area contributed by atoms with Crippen molar-refractivity contribution in [1.29, 1.82) is 0 Å². The highest BCUT2D eigenvalue weighted by Gasteiger charge is 2.34. The second-order valence-corrected chi connectivity index (χ2v) is 3.67. The quantitative estimate of drug-likeness (QED) is 0.780. The maximum atomic E-state index is 11.8. The molecule has 1 aliphatic rings. The molecule has 0 bridgehead atoms. The van der Waals surface area contributed by atoms with Crippen LogP contribution >= 0.6 is 0 Å². The predicted octanol–water partition coefficient (Wildman–Crippen LogP) is 1.24. The molecule has 0 aromatic heterocycles. The van der Waals surface area contributed by atoms with Gasteiger partial charge in [0, 0.05) is 6.54 Å². The summed E-state index contributed by atoms with van der Waals surface area (Å²) in [5.41, 5.74) is 0.486. The first-order valence-corrected chi connectivity index (χ1v) is 5.33. The normalized spacial score (nSPS) is 18.2. The van der Waals surface area contributed by atoms with Gasteiger partial charge in [-0.2, -0.15) is 0 Å². The largest absolute Gasteiger partial charge is 0.506 e. The lowest BCUT2D eigenvalue weighted by Crippen LogP contribution is -2.30. The van der Waals surface area contributed by atoms with Crippen LogP contribution in [0.5, 0.6) is 5.75 Å². The van der Waals surface area contributed by atoms with Crippen molar-refractivity contribution >= 4 is 23.2 Å². The van der Waals surface area contributed by atoms with Gasteiger partial charge < -0.3 is 5.11 Å². The molecule has 1 aromatic carbocycles. The SMILES string of the molecule is CCN1C(=O)CC(=Nc2ccccc2O)C1=O. The van der Waals surface area contributed by atoms with Gasteiger partial charge in [-0.15, -0.1) is 0 Å². The highest BCUT2D eigenvalue weighted by Crippen LogP contribution is 2.26. The first-order chi connectivity index (χ1) is 8.13. The molecule has 88 valence electrons. The van der Waals surface area contributed by atoms with Crippen LogP contribution in [0.2, 0.25) is 0 Å². The van der Waals surface area contributed by atoms with E-state index in [1.54, 1.807) is 25.1 Å². The van der Waals surface area contributed by atoms with Gasteiger partial charge in [0.2, 0.25) is 5.91 Å². The minimum absolute atomic E-state index is 0.001000. The number of para-hydroxylation sites is 2. The molecule has 5 nitrogen and oxygen atoms in total. The summed E-state index contributed by atoms with van der Waals surface area (Å²) in [6.45, 7) is 2.08. The van der Waals surface area contributed by atoms with E-state index < -0.39 is 0 Å². The van der Waals surface area contributed by atoms with Gasteiger partial charge in [-0.25, -0.2) is 4.99 Å². The Morgan fingerprint density at radius 1 is 1.35 bits per heavy atom. The molecule has 1 N–H and O–H groups in total. The van der Waals surface area contributed by atoms with Gasteiger partial charge in [0.1, 0.15) is 17.1 Å². The van der Waals surface area contributed by atoms with Gasteiger partial charge in [-0.1, -0.05) is 12.1 Å². The summed E-state index contributed by atoms with van der Waals surface area (Å²) in [5.74, 6) is -0.623. The van der Waals surface area contributed by atoms with Crippen LogP contribution in [-0.2, 0) is 9.59 Å². The van der Waals surface area contributed by atoms with Crippen molar-refractivity contribution in [3.05, 3.63) is 24.3 Å². The van der Waals surface area contributed by atoms with Crippen LogP contribution in [0.1, 0.15) is 13.3 Å². The topological polar surface area (TPSA) is 70.0 Å². The van der Waals surface area contributed by atoms with E-state index in [0.717, 1.165) is 4.90 Å². The van der Waals surface area contributed by atoms with E-state index in [-0.39, 0.29) is 29.7 Å². The fourth-order valence-electron chi connectivity index (χ4n) is 1.69. The van der Waals surface area contributed by atoms with E-state index in [4.69, 9.17) is 0 Å². The number of benzene rings is 1. The summed E-state index contributed by atoms with van der Waals surface area (Å²) in [6.07, 6.45) is 0.001000. The maximum absolute atomic E-state index is 11.8. The van der Waals surface area contributed by atoms with Gasteiger partial charge >= 0.3 is 0 Å². The molecule has 0 spiro atoms. The number of hydrogen-bond donors (Lipinski definition) is 1. The highest BCUT2D eigenvalue weighted by molar-refractivity contribution is 6.49. The predicted molar refractivity (Wildman–Crippen MR) is 62.2 cm³/mol. The van der Waals surface area contributed by atoms with Crippen LogP contribution in [0.4, 0.5) is 5.69 Å². The number of amides is 2. The third-order valence-corrected chi connectivity index (χ3v) is 2.57. The number of rotatable bonds is 2. The number of carbonyl (C=O) groups is 2. The summed E-state index contributed by atoms with van der Waals surface area (Å²) < 4.78 is 0. The molecule has 1 aromatic rings. The Labute approximate surface area is 98.4 Å². The minimum Gasteiger partial charge on any atom is -0.506 e. The number of imide groups is 1. The fourth-order valence-corrected chi connectivity index (χ4v) is 1.69. The molecular formula is C12H12N2O3. The molecule has 1 aliphatic heterocycles. The minimum atomic E-state index is -0.374. The number of phenols is 1. The number of likely N-dealkylation sites (tertiary alicyclic amines) is 1. The van der Waals surface area contributed by atoms with E-state index >= 15 is 0 Å². The van der Waals surface area contributed by atoms with Gasteiger partial charge in [-0.3, -0.25) is 14.5 Å². The molecule has 1 heterocycles. The van der Waals surface area contributed by atoms with E-state index in [2.05, 4.69) is 4.99 Å². The van der Waals surface area contributed by atoms with Gasteiger partial charge in [0.15, 0.2) is 0 Å². The highest BCUT2D eigenvalue weighted by atomic mass is 16.3. The first-order valence-electron chi connectivity index (χ1n) is 5.33. The Bertz CT molecular complexity index is 508. The molecule has 0 aliphatic carbocycles. The van der Waals surface area contributed by atoms with Crippen LogP contribution in [-0.4, -0.2) is 34.1 Å². The second-order valence-electron chi connectivity index (χ2n) is 3.67. The molecular weight excluding hydrogens is 220 g/mol. The van der Waals surface area contributed by atoms with E-state index in [9.17, 15) is 14.7 Å². The number of hydrogen-bond acceptors (Lipinski definition) is 4. The molecule has 0 radical (unpaired) electrons. The van der Waals surface area contributed by atoms with Crippen molar-refractivity contribution in [2.24, 2.45) is 4.99 Å². The Morgan fingerprint density at radius 2 is 2.06 bits per heavy atom. The molecule has 0 atom stereocenters. The number of nitrogens with zero attached hydrogens (tertiary/aromatic N) is 2. The molecule has 17 heavy (non-hydrogen) atoms. The van der Waals surface area contributed by atoms with Crippen molar-refractivity contribution in [2.75, 3.05) is 6.54 Å². The average Bonchev–Trinajstić information content (AvgIpc) is 2.57. The summed E-state index contributed by atoms with van der Waals surface area (Å²) >= 11 is 0. The third kappa shape index (κ3) is 2.04. The van der Waals surface area contributed by atoms with Gasteiger partial charge in [-0.05, 0) is 19.1 Å². The van der Waals surface area contributed by atoms with E-state index in [1.165, 1.54) is 6.07 Å². The Balaban J connectivity index is 2.34. The smallest absolute Gasteiger partial charge is 0.275 e. The zero-order valence-corrected chi connectivity index (χ0v) is 9.38. The molecule has 2 amide bonds. The summed E-state index contributed by atoms with van der Waals surface area (Å²) in [6, 6.07) is 6.45. The molecule has 1 fully saturated rings. The van der Waals surface area contributed by atoms with Gasteiger partial charge in [0.05, 0.1) is 6.42 Å². The fraction of sp³-hybridized carbons (Fsp3) is 0.250. The van der Waals surface area contributed by atoms with E-state index in [0.29, 0.717) is 12.2 Å². The van der Waals surface area contributed by atoms with Gasteiger partial charge in [0.25, 0.3) is 5.91 Å². The molecule has 0 unspecified atom stereocenters. The molecule has 2 rings (SSSR count). The molecule has 0 saturated carbocycles. The van der Waals surface area contributed by atoms with Crippen molar-refractivity contribution < 1.29 is 14.7 Å². The van der Waals surface area contributed by atoms with Crippen LogP contribution < -0.4 is 0 Å². The number of aliphatic imine (C=N–C) groups is 1. The lowest BCUT2D eigenvalue weighted by Gasteiger charge is -2.08. The van der Waals surface area contributed by atoms with Crippen molar-refractivity contribution in [2.45, 2.75) is 13.3 Å². The summed E-state index contributed by atoms with van der Waals surface area (Å²) in [5, 5.41) is 9.53. The Kier molecular flexibility index (Phi) is 2.91. The van der Waals surface area contributed by atoms with Crippen LogP contribution in [0.15, 0.2) is 29.3 Å². The monoisotopic (exact) mass is 232 g/mol. The van der Waals surface area contributed by atoms with Crippen LogP contribution in [0.25, 0.3) is 0 Å². The van der Waals surface area contributed by atoms with Crippen molar-refractivity contribution in [3.8, 4) is 5.75 Å². The average molecular weight is 232 g/mol.